The van der Waals surface area contributed by atoms with Crippen LogP contribution in [0.5, 0.6) is 0 Å². The van der Waals surface area contributed by atoms with Crippen molar-refractivity contribution in [1.82, 2.24) is 0 Å². The molecule has 19 heavy (non-hydrogen) atoms. The fraction of sp³-hybridized carbons (Fsp3) is 0.438. The van der Waals surface area contributed by atoms with Gasteiger partial charge in [0.05, 0.1) is 0 Å². The molecule has 1 aliphatic carbocycles. The average Bonchev–Trinajstić information content (AvgIpc) is 2.91. The first-order valence-corrected chi connectivity index (χ1v) is 7.98. The highest BCUT2D eigenvalue weighted by molar-refractivity contribution is 7.98. The number of hydrogen-bond acceptors (Lipinski definition) is 2. The van der Waals surface area contributed by atoms with E-state index in [-0.39, 0.29) is 0 Å². The zero-order chi connectivity index (χ0) is 13.5. The molecule has 3 heteroatoms. The van der Waals surface area contributed by atoms with E-state index in [4.69, 9.17) is 5.11 Å². The van der Waals surface area contributed by atoms with Crippen LogP contribution in [0.2, 0.25) is 0 Å². The van der Waals surface area contributed by atoms with Gasteiger partial charge in [0.15, 0.2) is 0 Å². The number of hydrogen-bond donors (Lipinski definition) is 1. The molecule has 0 aromatic heterocycles. The highest BCUT2D eigenvalue weighted by atomic mass is 32.2. The summed E-state index contributed by atoms with van der Waals surface area (Å²) in [6.45, 7) is 0. The molecular formula is C16H20O2S. The van der Waals surface area contributed by atoms with Gasteiger partial charge in [0.2, 0.25) is 0 Å². The van der Waals surface area contributed by atoms with Gasteiger partial charge in [0, 0.05) is 11.8 Å². The van der Waals surface area contributed by atoms with Gasteiger partial charge < -0.3 is 5.11 Å². The smallest absolute Gasteiger partial charge is 0.328 e. The standard InChI is InChI=1S/C16H20O2S/c17-16(18)10-9-14-7-3-4-8-15(14)12-19-11-13-5-1-2-6-13/h3-4,7-10,13H,1-2,5-6,11-12H2,(H,17,18). The number of rotatable bonds is 6. The summed E-state index contributed by atoms with van der Waals surface area (Å²) in [5.41, 5.74) is 2.24. The Morgan fingerprint density at radius 3 is 2.79 bits per heavy atom. The maximum atomic E-state index is 10.6. The minimum Gasteiger partial charge on any atom is -0.478 e. The third-order valence-electron chi connectivity index (χ3n) is 3.55. The molecule has 1 fully saturated rings. The zero-order valence-corrected chi connectivity index (χ0v) is 11.9. The van der Waals surface area contributed by atoms with Gasteiger partial charge in [0.25, 0.3) is 0 Å². The Morgan fingerprint density at radius 2 is 2.05 bits per heavy atom. The van der Waals surface area contributed by atoms with Crippen molar-refractivity contribution in [2.24, 2.45) is 5.92 Å². The Hall–Kier alpha value is -1.22. The summed E-state index contributed by atoms with van der Waals surface area (Å²) in [5.74, 6) is 2.20. The van der Waals surface area contributed by atoms with Gasteiger partial charge in [-0.2, -0.15) is 11.8 Å². The summed E-state index contributed by atoms with van der Waals surface area (Å²) < 4.78 is 0. The fourth-order valence-corrected chi connectivity index (χ4v) is 3.77. The van der Waals surface area contributed by atoms with Crippen molar-refractivity contribution >= 4 is 23.8 Å². The van der Waals surface area contributed by atoms with Crippen LogP contribution >= 0.6 is 11.8 Å². The monoisotopic (exact) mass is 276 g/mol. The molecule has 102 valence electrons. The predicted molar refractivity (Wildman–Crippen MR) is 81.2 cm³/mol. The molecule has 1 aliphatic rings. The molecule has 0 amide bonds. The summed E-state index contributed by atoms with van der Waals surface area (Å²) in [6.07, 6.45) is 8.45. The first-order valence-electron chi connectivity index (χ1n) is 6.82. The number of carbonyl (C=O) groups is 1. The van der Waals surface area contributed by atoms with Crippen LogP contribution in [0.15, 0.2) is 30.3 Å². The lowest BCUT2D eigenvalue weighted by atomic mass is 10.1. The number of carboxylic acid groups (broad SMARTS) is 1. The maximum Gasteiger partial charge on any atom is 0.328 e. The third kappa shape index (κ3) is 4.75. The van der Waals surface area contributed by atoms with Crippen LogP contribution in [0, 0.1) is 5.92 Å². The number of benzene rings is 1. The lowest BCUT2D eigenvalue weighted by Crippen LogP contribution is -1.97. The minimum absolute atomic E-state index is 0.895. The van der Waals surface area contributed by atoms with E-state index in [0.29, 0.717) is 0 Å². The molecule has 0 saturated heterocycles. The van der Waals surface area contributed by atoms with Crippen molar-refractivity contribution < 1.29 is 9.90 Å². The lowest BCUT2D eigenvalue weighted by molar-refractivity contribution is -0.131. The van der Waals surface area contributed by atoms with E-state index in [2.05, 4.69) is 6.07 Å². The van der Waals surface area contributed by atoms with Gasteiger partial charge in [-0.15, -0.1) is 0 Å². The largest absolute Gasteiger partial charge is 0.478 e. The quantitative estimate of drug-likeness (QED) is 0.791. The molecule has 0 radical (unpaired) electrons. The Labute approximate surface area is 118 Å². The molecule has 1 aromatic carbocycles. The lowest BCUT2D eigenvalue weighted by Gasteiger charge is -2.09. The average molecular weight is 276 g/mol. The molecule has 0 heterocycles. The minimum atomic E-state index is -0.895. The normalized spacial score (nSPS) is 16.2. The van der Waals surface area contributed by atoms with Crippen molar-refractivity contribution in [3.05, 3.63) is 41.5 Å². The van der Waals surface area contributed by atoms with E-state index in [1.807, 2.05) is 30.0 Å². The summed E-state index contributed by atoms with van der Waals surface area (Å²) >= 11 is 1.97. The Balaban J connectivity index is 1.89. The van der Waals surface area contributed by atoms with Gasteiger partial charge in [-0.3, -0.25) is 0 Å². The third-order valence-corrected chi connectivity index (χ3v) is 4.77. The van der Waals surface area contributed by atoms with E-state index in [0.717, 1.165) is 17.2 Å². The van der Waals surface area contributed by atoms with Crippen molar-refractivity contribution in [2.75, 3.05) is 5.75 Å². The predicted octanol–water partition coefficient (Wildman–Crippen LogP) is 4.21. The van der Waals surface area contributed by atoms with Gasteiger partial charge in [-0.1, -0.05) is 37.1 Å². The van der Waals surface area contributed by atoms with Crippen molar-refractivity contribution in [3.63, 3.8) is 0 Å². The molecular weight excluding hydrogens is 256 g/mol. The Bertz CT molecular complexity index is 448. The maximum absolute atomic E-state index is 10.6. The Kier molecular flexibility index (Phi) is 5.52. The SMILES string of the molecule is O=C(O)C=Cc1ccccc1CSCC1CCCC1. The van der Waals surface area contributed by atoms with Crippen molar-refractivity contribution in [1.29, 1.82) is 0 Å². The van der Waals surface area contributed by atoms with Crippen LogP contribution < -0.4 is 0 Å². The summed E-state index contributed by atoms with van der Waals surface area (Å²) in [7, 11) is 0. The first-order chi connectivity index (χ1) is 9.25. The van der Waals surface area contributed by atoms with Gasteiger partial charge in [-0.05, 0) is 41.7 Å². The second kappa shape index (κ2) is 7.39. The van der Waals surface area contributed by atoms with E-state index in [1.54, 1.807) is 6.08 Å². The van der Waals surface area contributed by atoms with Crippen LogP contribution in [-0.4, -0.2) is 16.8 Å². The molecule has 2 rings (SSSR count). The molecule has 1 saturated carbocycles. The molecule has 0 atom stereocenters. The van der Waals surface area contributed by atoms with Crippen LogP contribution in [0.4, 0.5) is 0 Å². The van der Waals surface area contributed by atoms with Gasteiger partial charge in [-0.25, -0.2) is 4.79 Å². The number of thioether (sulfide) groups is 1. The number of aliphatic carboxylic acids is 1. The van der Waals surface area contributed by atoms with Gasteiger partial charge in [0.1, 0.15) is 0 Å². The second-order valence-corrected chi connectivity index (χ2v) is 6.07. The van der Waals surface area contributed by atoms with Crippen molar-refractivity contribution in [2.45, 2.75) is 31.4 Å². The van der Waals surface area contributed by atoms with E-state index in [9.17, 15) is 4.79 Å². The molecule has 0 bridgehead atoms. The molecule has 0 aliphatic heterocycles. The van der Waals surface area contributed by atoms with Crippen LogP contribution in [0.3, 0.4) is 0 Å². The van der Waals surface area contributed by atoms with Crippen LogP contribution in [0.25, 0.3) is 6.08 Å². The molecule has 2 nitrogen and oxygen atoms in total. The van der Waals surface area contributed by atoms with E-state index < -0.39 is 5.97 Å². The van der Waals surface area contributed by atoms with Crippen molar-refractivity contribution in [3.8, 4) is 0 Å². The molecule has 1 aromatic rings. The number of carboxylic acids is 1. The fourth-order valence-electron chi connectivity index (χ4n) is 2.50. The van der Waals surface area contributed by atoms with Crippen LogP contribution in [-0.2, 0) is 10.5 Å². The highest BCUT2D eigenvalue weighted by Crippen LogP contribution is 2.29. The van der Waals surface area contributed by atoms with E-state index in [1.165, 1.54) is 43.1 Å². The molecule has 0 spiro atoms. The van der Waals surface area contributed by atoms with Gasteiger partial charge >= 0.3 is 5.97 Å². The summed E-state index contributed by atoms with van der Waals surface area (Å²) in [6, 6.07) is 8.03. The molecule has 0 unspecified atom stereocenters. The zero-order valence-electron chi connectivity index (χ0n) is 11.0. The summed E-state index contributed by atoms with van der Waals surface area (Å²) in [4.78, 5) is 10.6. The van der Waals surface area contributed by atoms with Crippen LogP contribution in [0.1, 0.15) is 36.8 Å². The first kappa shape index (κ1) is 14.2. The molecule has 1 N–H and O–H groups in total. The highest BCUT2D eigenvalue weighted by Gasteiger charge is 2.14. The topological polar surface area (TPSA) is 37.3 Å². The second-order valence-electron chi connectivity index (χ2n) is 5.04. The van der Waals surface area contributed by atoms with E-state index >= 15 is 0 Å². The summed E-state index contributed by atoms with van der Waals surface area (Å²) in [5, 5.41) is 8.69. The Morgan fingerprint density at radius 1 is 1.32 bits per heavy atom.